The van der Waals surface area contributed by atoms with Gasteiger partial charge in [0.2, 0.25) is 21.7 Å². The molecule has 0 aromatic heterocycles. The molecule has 5 nitrogen and oxygen atoms in total. The molecule has 2 atom stereocenters. The van der Waals surface area contributed by atoms with E-state index in [1.807, 2.05) is 0 Å². The number of hydrogen-bond acceptors (Lipinski definition) is 5. The Labute approximate surface area is 176 Å². The third kappa shape index (κ3) is 4.04. The smallest absolute Gasteiger partial charge is 0.450 e. The van der Waals surface area contributed by atoms with Gasteiger partial charge in [0.15, 0.2) is 0 Å². The van der Waals surface area contributed by atoms with Crippen LogP contribution in [0.15, 0.2) is 64.1 Å². The molecule has 30 heavy (non-hydrogen) atoms. The van der Waals surface area contributed by atoms with Crippen LogP contribution < -0.4 is 0 Å². The van der Waals surface area contributed by atoms with E-state index in [2.05, 4.69) is 4.74 Å². The van der Waals surface area contributed by atoms with Crippen molar-refractivity contribution in [2.75, 3.05) is 7.11 Å². The molecule has 0 amide bonds. The first kappa shape index (κ1) is 22.2. The summed E-state index contributed by atoms with van der Waals surface area (Å²) >= 11 is 5.85. The molecule has 0 aliphatic carbocycles. The van der Waals surface area contributed by atoms with Crippen LogP contribution in [0.25, 0.3) is 0 Å². The van der Waals surface area contributed by atoms with Crippen molar-refractivity contribution in [3.05, 3.63) is 75.3 Å². The van der Waals surface area contributed by atoms with Crippen LogP contribution in [0, 0.1) is 6.92 Å². The predicted octanol–water partition coefficient (Wildman–Crippen LogP) is 4.55. The minimum Gasteiger partial charge on any atom is -0.472 e. The maximum absolute atomic E-state index is 13.8. The molecule has 0 N–H and O–H groups in total. The molecule has 0 radical (unpaired) electrons. The molecule has 0 fully saturated rings. The Kier molecular flexibility index (Phi) is 5.88. The van der Waals surface area contributed by atoms with Crippen molar-refractivity contribution in [1.82, 2.24) is 0 Å². The van der Waals surface area contributed by atoms with E-state index in [1.54, 1.807) is 6.92 Å². The number of carbonyl (C=O) groups is 1. The molecule has 0 spiro atoms. The molecule has 10 heteroatoms. The highest BCUT2D eigenvalue weighted by Gasteiger charge is 2.56. The lowest BCUT2D eigenvalue weighted by atomic mass is 9.94. The molecular weight excluding hydrogens is 445 g/mol. The van der Waals surface area contributed by atoms with Gasteiger partial charge in [-0.15, -0.1) is 0 Å². The summed E-state index contributed by atoms with van der Waals surface area (Å²) in [5, 5.41) is 0.287. The Morgan fingerprint density at radius 3 is 2.13 bits per heavy atom. The molecular formula is C20H16ClF3O5S. The predicted molar refractivity (Wildman–Crippen MR) is 103 cm³/mol. The van der Waals surface area contributed by atoms with Crippen LogP contribution in [0.3, 0.4) is 0 Å². The number of aryl methyl sites for hydroxylation is 1. The van der Waals surface area contributed by atoms with Crippen molar-refractivity contribution in [2.24, 2.45) is 0 Å². The second-order valence-electron chi connectivity index (χ2n) is 6.60. The summed E-state index contributed by atoms with van der Waals surface area (Å²) in [4.78, 5) is 10.8. The fourth-order valence-electron chi connectivity index (χ4n) is 3.17. The Morgan fingerprint density at radius 2 is 1.63 bits per heavy atom. The number of alkyl halides is 3. The van der Waals surface area contributed by atoms with Crippen molar-refractivity contribution in [1.29, 1.82) is 0 Å². The number of allylic oxidation sites excluding steroid dienone is 1. The summed E-state index contributed by atoms with van der Waals surface area (Å²) in [5.74, 6) is -4.44. The van der Waals surface area contributed by atoms with Gasteiger partial charge in [-0.25, -0.2) is 13.2 Å². The lowest BCUT2D eigenvalue weighted by molar-refractivity contribution is -0.161. The second-order valence-corrected chi connectivity index (χ2v) is 8.95. The lowest BCUT2D eigenvalue weighted by Crippen LogP contribution is -2.30. The largest absolute Gasteiger partial charge is 0.472 e. The van der Waals surface area contributed by atoms with E-state index in [0.717, 1.165) is 12.7 Å². The van der Waals surface area contributed by atoms with E-state index in [9.17, 15) is 26.4 Å². The summed E-state index contributed by atoms with van der Waals surface area (Å²) < 4.78 is 77.4. The average Bonchev–Trinajstić information content (AvgIpc) is 3.10. The Bertz CT molecular complexity index is 1090. The molecule has 2 aromatic carbocycles. The van der Waals surface area contributed by atoms with Gasteiger partial charge in [-0.2, -0.15) is 13.2 Å². The van der Waals surface area contributed by atoms with Gasteiger partial charge in [-0.1, -0.05) is 41.4 Å². The maximum atomic E-state index is 13.8. The van der Waals surface area contributed by atoms with Crippen molar-refractivity contribution >= 4 is 27.4 Å². The molecule has 1 aliphatic heterocycles. The normalized spacial score (nSPS) is 19.5. The molecule has 160 valence electrons. The zero-order valence-corrected chi connectivity index (χ0v) is 17.3. The Hall–Kier alpha value is -2.52. The van der Waals surface area contributed by atoms with Crippen molar-refractivity contribution < 1.29 is 35.9 Å². The monoisotopic (exact) mass is 460 g/mol. The zero-order chi connectivity index (χ0) is 22.3. The second kappa shape index (κ2) is 7.96. The van der Waals surface area contributed by atoms with Gasteiger partial charge in [0.25, 0.3) is 0 Å². The number of sulfone groups is 1. The summed E-state index contributed by atoms with van der Waals surface area (Å²) in [6.45, 7) is 1.71. The van der Waals surface area contributed by atoms with E-state index in [0.29, 0.717) is 0 Å². The van der Waals surface area contributed by atoms with Crippen molar-refractivity contribution in [3.8, 4) is 0 Å². The van der Waals surface area contributed by atoms with Crippen LogP contribution >= 0.6 is 11.6 Å². The standard InChI is InChI=1S/C20H16ClF3O5S/c1-11-3-9-14(10-4-11)30(26,27)17-15(12-5-7-13(21)8-6-12)16(19(25)28-2)29-18(17)20(22,23)24/h3-10,15-16H,1-2H3. The van der Waals surface area contributed by atoms with Crippen LogP contribution in [-0.2, 0) is 24.1 Å². The number of methoxy groups -OCH3 is 1. The van der Waals surface area contributed by atoms with Crippen LogP contribution in [-0.4, -0.2) is 33.8 Å². The first-order valence-electron chi connectivity index (χ1n) is 8.60. The van der Waals surface area contributed by atoms with E-state index in [1.165, 1.54) is 48.5 Å². The molecule has 2 unspecified atom stereocenters. The molecule has 2 aromatic rings. The summed E-state index contributed by atoms with van der Waals surface area (Å²) in [6, 6.07) is 10.8. The third-order valence-electron chi connectivity index (χ3n) is 4.59. The number of rotatable bonds is 4. The van der Waals surface area contributed by atoms with Gasteiger partial charge in [0.1, 0.15) is 4.91 Å². The number of esters is 1. The van der Waals surface area contributed by atoms with E-state index in [4.69, 9.17) is 16.3 Å². The van der Waals surface area contributed by atoms with E-state index >= 15 is 0 Å². The summed E-state index contributed by atoms with van der Waals surface area (Å²) in [5.41, 5.74) is 0.836. The first-order valence-corrected chi connectivity index (χ1v) is 10.5. The third-order valence-corrected chi connectivity index (χ3v) is 6.76. The van der Waals surface area contributed by atoms with Gasteiger partial charge in [0.05, 0.1) is 17.9 Å². The van der Waals surface area contributed by atoms with Crippen LogP contribution in [0.2, 0.25) is 5.02 Å². The first-order chi connectivity index (χ1) is 14.0. The molecule has 1 heterocycles. The van der Waals surface area contributed by atoms with Gasteiger partial charge >= 0.3 is 12.1 Å². The van der Waals surface area contributed by atoms with Crippen LogP contribution in [0.4, 0.5) is 13.2 Å². The number of halogens is 4. The van der Waals surface area contributed by atoms with Gasteiger partial charge in [-0.05, 0) is 36.8 Å². The quantitative estimate of drug-likeness (QED) is 0.626. The summed E-state index contributed by atoms with van der Waals surface area (Å²) in [7, 11) is -3.70. The maximum Gasteiger partial charge on any atom is 0.450 e. The highest BCUT2D eigenvalue weighted by molar-refractivity contribution is 7.95. The number of benzene rings is 2. The highest BCUT2D eigenvalue weighted by Crippen LogP contribution is 2.49. The van der Waals surface area contributed by atoms with Crippen LogP contribution in [0.5, 0.6) is 0 Å². The molecule has 1 aliphatic rings. The van der Waals surface area contributed by atoms with E-state index in [-0.39, 0.29) is 15.5 Å². The van der Waals surface area contributed by atoms with Gasteiger partial charge in [0, 0.05) is 5.02 Å². The fourth-order valence-corrected chi connectivity index (χ4v) is 5.04. The number of carbonyl (C=O) groups excluding carboxylic acids is 1. The van der Waals surface area contributed by atoms with Gasteiger partial charge < -0.3 is 9.47 Å². The van der Waals surface area contributed by atoms with Gasteiger partial charge in [-0.3, -0.25) is 0 Å². The zero-order valence-electron chi connectivity index (χ0n) is 15.7. The van der Waals surface area contributed by atoms with Crippen molar-refractivity contribution in [3.63, 3.8) is 0 Å². The minimum absolute atomic E-state index is 0.111. The summed E-state index contributed by atoms with van der Waals surface area (Å²) in [6.07, 6.45) is -6.98. The minimum atomic E-state index is -5.15. The van der Waals surface area contributed by atoms with E-state index < -0.39 is 44.7 Å². The number of hydrogen-bond donors (Lipinski definition) is 0. The van der Waals surface area contributed by atoms with Crippen LogP contribution in [0.1, 0.15) is 17.0 Å². The molecule has 3 rings (SSSR count). The fraction of sp³-hybridized carbons (Fsp3) is 0.250. The number of ether oxygens (including phenoxy) is 2. The SMILES string of the molecule is COC(=O)C1OC(C(F)(F)F)=C(S(=O)(=O)c2ccc(C)cc2)C1c1ccc(Cl)cc1. The molecule has 0 saturated heterocycles. The Morgan fingerprint density at radius 1 is 1.07 bits per heavy atom. The highest BCUT2D eigenvalue weighted by atomic mass is 35.5. The topological polar surface area (TPSA) is 69.7 Å². The Balaban J connectivity index is 2.29. The average molecular weight is 461 g/mol. The molecule has 0 bridgehead atoms. The molecule has 0 saturated carbocycles. The lowest BCUT2D eigenvalue weighted by Gasteiger charge is -2.20. The van der Waals surface area contributed by atoms with Crippen molar-refractivity contribution in [2.45, 2.75) is 30.0 Å².